The number of amides is 2. The van der Waals surface area contributed by atoms with Crippen LogP contribution < -0.4 is 16.0 Å². The summed E-state index contributed by atoms with van der Waals surface area (Å²) in [6.07, 6.45) is 1.09. The fraction of sp³-hybridized carbons (Fsp3) is 0.818. The topological polar surface area (TPSA) is 73.5 Å². The SMILES string of the molecule is O=C1CC[C@@H](C(=O)NCCN2CCNCC2)N1. The summed E-state index contributed by atoms with van der Waals surface area (Å²) < 4.78 is 0. The highest BCUT2D eigenvalue weighted by molar-refractivity contribution is 5.90. The average molecular weight is 240 g/mol. The Morgan fingerprint density at radius 1 is 1.41 bits per heavy atom. The maximum atomic E-state index is 11.7. The van der Waals surface area contributed by atoms with Gasteiger partial charge in [-0.25, -0.2) is 0 Å². The van der Waals surface area contributed by atoms with Crippen molar-refractivity contribution in [3.05, 3.63) is 0 Å². The first-order valence-electron chi connectivity index (χ1n) is 6.26. The molecule has 6 nitrogen and oxygen atoms in total. The Morgan fingerprint density at radius 3 is 2.82 bits per heavy atom. The molecule has 0 aromatic rings. The summed E-state index contributed by atoms with van der Waals surface area (Å²) in [6, 6.07) is -0.314. The molecule has 2 fully saturated rings. The van der Waals surface area contributed by atoms with Crippen molar-refractivity contribution in [2.24, 2.45) is 0 Å². The van der Waals surface area contributed by atoms with E-state index in [2.05, 4.69) is 20.9 Å². The standard InChI is InChI=1S/C11H20N4O2/c16-10-2-1-9(14-10)11(17)13-5-8-15-6-3-12-4-7-15/h9,12H,1-8H2,(H,13,17)(H,14,16)/t9-/m0/s1. The lowest BCUT2D eigenvalue weighted by Gasteiger charge is -2.27. The van der Waals surface area contributed by atoms with Crippen LogP contribution in [-0.4, -0.2) is 62.0 Å². The average Bonchev–Trinajstić information content (AvgIpc) is 2.77. The van der Waals surface area contributed by atoms with E-state index in [1.165, 1.54) is 0 Å². The molecule has 2 aliphatic rings. The Balaban J connectivity index is 1.61. The van der Waals surface area contributed by atoms with Crippen molar-refractivity contribution in [2.75, 3.05) is 39.3 Å². The second-order valence-corrected chi connectivity index (χ2v) is 4.54. The molecule has 0 unspecified atom stereocenters. The van der Waals surface area contributed by atoms with Crippen molar-refractivity contribution in [3.63, 3.8) is 0 Å². The van der Waals surface area contributed by atoms with Crippen LogP contribution in [0, 0.1) is 0 Å². The highest BCUT2D eigenvalue weighted by Crippen LogP contribution is 2.05. The van der Waals surface area contributed by atoms with Crippen LogP contribution in [0.1, 0.15) is 12.8 Å². The molecule has 0 radical (unpaired) electrons. The fourth-order valence-electron chi connectivity index (χ4n) is 2.21. The first-order valence-corrected chi connectivity index (χ1v) is 6.26. The van der Waals surface area contributed by atoms with Gasteiger partial charge in [0.15, 0.2) is 0 Å². The van der Waals surface area contributed by atoms with Crippen LogP contribution >= 0.6 is 0 Å². The summed E-state index contributed by atoms with van der Waals surface area (Å²) in [5.74, 6) is -0.0711. The molecule has 0 saturated carbocycles. The van der Waals surface area contributed by atoms with E-state index in [1.54, 1.807) is 0 Å². The van der Waals surface area contributed by atoms with Crippen molar-refractivity contribution in [3.8, 4) is 0 Å². The molecule has 2 saturated heterocycles. The zero-order valence-corrected chi connectivity index (χ0v) is 10.00. The maximum absolute atomic E-state index is 11.7. The van der Waals surface area contributed by atoms with Gasteiger partial charge in [0.2, 0.25) is 11.8 Å². The van der Waals surface area contributed by atoms with Crippen LogP contribution in [0.4, 0.5) is 0 Å². The van der Waals surface area contributed by atoms with Gasteiger partial charge in [-0.3, -0.25) is 14.5 Å². The molecule has 96 valence electrons. The highest BCUT2D eigenvalue weighted by atomic mass is 16.2. The minimum atomic E-state index is -0.314. The van der Waals surface area contributed by atoms with E-state index in [4.69, 9.17) is 0 Å². The highest BCUT2D eigenvalue weighted by Gasteiger charge is 2.26. The van der Waals surface area contributed by atoms with Gasteiger partial charge in [0.1, 0.15) is 6.04 Å². The molecule has 0 bridgehead atoms. The number of rotatable bonds is 4. The number of nitrogens with one attached hydrogen (secondary N) is 3. The van der Waals surface area contributed by atoms with Gasteiger partial charge < -0.3 is 16.0 Å². The molecule has 0 spiro atoms. The molecule has 0 aliphatic carbocycles. The smallest absolute Gasteiger partial charge is 0.242 e. The zero-order chi connectivity index (χ0) is 12.1. The van der Waals surface area contributed by atoms with Gasteiger partial charge in [0.05, 0.1) is 0 Å². The first-order chi connectivity index (χ1) is 8.25. The Kier molecular flexibility index (Phi) is 4.33. The van der Waals surface area contributed by atoms with E-state index in [0.717, 1.165) is 32.7 Å². The fourth-order valence-corrected chi connectivity index (χ4v) is 2.21. The van der Waals surface area contributed by atoms with Crippen LogP contribution in [0.5, 0.6) is 0 Å². The van der Waals surface area contributed by atoms with Crippen LogP contribution in [0.15, 0.2) is 0 Å². The lowest BCUT2D eigenvalue weighted by molar-refractivity contribution is -0.125. The number of piperazine rings is 1. The molecule has 1 atom stereocenters. The van der Waals surface area contributed by atoms with Crippen LogP contribution in [-0.2, 0) is 9.59 Å². The summed E-state index contributed by atoms with van der Waals surface area (Å²) in [4.78, 5) is 25.0. The van der Waals surface area contributed by atoms with Gasteiger partial charge >= 0.3 is 0 Å². The van der Waals surface area contributed by atoms with E-state index >= 15 is 0 Å². The molecule has 2 heterocycles. The molecule has 3 N–H and O–H groups in total. The Bertz CT molecular complexity index is 289. The van der Waals surface area contributed by atoms with E-state index in [1.807, 2.05) is 0 Å². The molecule has 2 amide bonds. The number of nitrogens with zero attached hydrogens (tertiary/aromatic N) is 1. The van der Waals surface area contributed by atoms with Gasteiger partial charge in [-0.05, 0) is 6.42 Å². The van der Waals surface area contributed by atoms with Gasteiger partial charge in [0.25, 0.3) is 0 Å². The third-order valence-corrected chi connectivity index (χ3v) is 3.25. The zero-order valence-electron chi connectivity index (χ0n) is 10.00. The predicted molar refractivity (Wildman–Crippen MR) is 63.5 cm³/mol. The molecule has 17 heavy (non-hydrogen) atoms. The minimum absolute atomic E-state index is 0.0211. The summed E-state index contributed by atoms with van der Waals surface area (Å²) in [5.41, 5.74) is 0. The summed E-state index contributed by atoms with van der Waals surface area (Å²) in [6.45, 7) is 5.66. The van der Waals surface area contributed by atoms with Crippen molar-refractivity contribution in [2.45, 2.75) is 18.9 Å². The number of carbonyl (C=O) groups excluding carboxylic acids is 2. The monoisotopic (exact) mass is 240 g/mol. The van der Waals surface area contributed by atoms with Crippen molar-refractivity contribution < 1.29 is 9.59 Å². The van der Waals surface area contributed by atoms with E-state index in [-0.39, 0.29) is 17.9 Å². The van der Waals surface area contributed by atoms with Gasteiger partial charge in [-0.1, -0.05) is 0 Å². The third kappa shape index (κ3) is 3.67. The third-order valence-electron chi connectivity index (χ3n) is 3.25. The Morgan fingerprint density at radius 2 is 2.18 bits per heavy atom. The van der Waals surface area contributed by atoms with E-state index < -0.39 is 0 Å². The number of hydrogen-bond donors (Lipinski definition) is 3. The largest absolute Gasteiger partial charge is 0.353 e. The molecular weight excluding hydrogens is 220 g/mol. The molecule has 6 heteroatoms. The van der Waals surface area contributed by atoms with Gasteiger partial charge in [0, 0.05) is 45.7 Å². The molecule has 2 aliphatic heterocycles. The summed E-state index contributed by atoms with van der Waals surface area (Å²) >= 11 is 0. The van der Waals surface area contributed by atoms with Crippen molar-refractivity contribution in [1.29, 1.82) is 0 Å². The van der Waals surface area contributed by atoms with Crippen molar-refractivity contribution in [1.82, 2.24) is 20.9 Å². The normalized spacial score (nSPS) is 25.6. The van der Waals surface area contributed by atoms with Crippen LogP contribution in [0.25, 0.3) is 0 Å². The molecule has 0 aromatic carbocycles. The lowest BCUT2D eigenvalue weighted by Crippen LogP contribution is -2.48. The predicted octanol–water partition coefficient (Wildman–Crippen LogP) is -1.71. The van der Waals surface area contributed by atoms with Crippen LogP contribution in [0.3, 0.4) is 0 Å². The summed E-state index contributed by atoms with van der Waals surface area (Å²) in [7, 11) is 0. The quantitative estimate of drug-likeness (QED) is 0.547. The van der Waals surface area contributed by atoms with Gasteiger partial charge in [-0.2, -0.15) is 0 Å². The second kappa shape index (κ2) is 5.97. The minimum Gasteiger partial charge on any atom is -0.353 e. The molecular formula is C11H20N4O2. The van der Waals surface area contributed by atoms with Gasteiger partial charge in [-0.15, -0.1) is 0 Å². The Labute approximate surface area is 101 Å². The molecule has 0 aromatic heterocycles. The van der Waals surface area contributed by atoms with Crippen LogP contribution in [0.2, 0.25) is 0 Å². The summed E-state index contributed by atoms with van der Waals surface area (Å²) in [5, 5.41) is 8.83. The number of hydrogen-bond acceptors (Lipinski definition) is 4. The first kappa shape index (κ1) is 12.3. The van der Waals surface area contributed by atoms with E-state index in [0.29, 0.717) is 19.4 Å². The maximum Gasteiger partial charge on any atom is 0.242 e. The molecule has 2 rings (SSSR count). The van der Waals surface area contributed by atoms with E-state index in [9.17, 15) is 9.59 Å². The Hall–Kier alpha value is -1.14. The lowest BCUT2D eigenvalue weighted by atomic mass is 10.2. The number of carbonyl (C=O) groups is 2. The van der Waals surface area contributed by atoms with Crippen molar-refractivity contribution >= 4 is 11.8 Å². The second-order valence-electron chi connectivity index (χ2n) is 4.54.